The van der Waals surface area contributed by atoms with Gasteiger partial charge in [-0.05, 0) is 5.41 Å². The summed E-state index contributed by atoms with van der Waals surface area (Å²) in [5.74, 6) is -1.29. The van der Waals surface area contributed by atoms with Crippen LogP contribution in [0.2, 0.25) is 0 Å². The zero-order valence-corrected chi connectivity index (χ0v) is 12.7. The molecule has 0 aromatic rings. The van der Waals surface area contributed by atoms with E-state index in [4.69, 9.17) is 5.11 Å². The number of sulfone groups is 1. The zero-order chi connectivity index (χ0) is 15.4. The first-order valence-electron chi connectivity index (χ1n) is 5.77. The van der Waals surface area contributed by atoms with Crippen molar-refractivity contribution >= 4 is 21.8 Å². The highest BCUT2D eigenvalue weighted by atomic mass is 32.2. The van der Waals surface area contributed by atoms with Gasteiger partial charge in [-0.25, -0.2) is 18.0 Å². The maximum atomic E-state index is 11.8. The van der Waals surface area contributed by atoms with Crippen molar-refractivity contribution < 1.29 is 23.1 Å². The fourth-order valence-corrected chi connectivity index (χ4v) is 1.89. The van der Waals surface area contributed by atoms with E-state index in [1.165, 1.54) is 7.05 Å². The third kappa shape index (κ3) is 7.00. The van der Waals surface area contributed by atoms with Gasteiger partial charge in [-0.15, -0.1) is 0 Å². The van der Waals surface area contributed by atoms with Gasteiger partial charge in [0.1, 0.15) is 15.9 Å². The number of nitrogens with one attached hydrogen (secondary N) is 1. The van der Waals surface area contributed by atoms with Crippen molar-refractivity contribution in [1.29, 1.82) is 0 Å². The molecular formula is C11H22N2O5S. The van der Waals surface area contributed by atoms with Gasteiger partial charge in [-0.1, -0.05) is 20.8 Å². The van der Waals surface area contributed by atoms with E-state index in [-0.39, 0.29) is 12.3 Å². The van der Waals surface area contributed by atoms with Crippen LogP contribution in [0.5, 0.6) is 0 Å². The Morgan fingerprint density at radius 1 is 1.32 bits per heavy atom. The van der Waals surface area contributed by atoms with Crippen molar-refractivity contribution in [2.24, 2.45) is 5.41 Å². The van der Waals surface area contributed by atoms with Crippen LogP contribution in [0.3, 0.4) is 0 Å². The lowest BCUT2D eigenvalue weighted by Crippen LogP contribution is -2.53. The predicted octanol–water partition coefficient (Wildman–Crippen LogP) is 0.172. The Hall–Kier alpha value is -1.31. The van der Waals surface area contributed by atoms with Crippen molar-refractivity contribution in [3.8, 4) is 0 Å². The van der Waals surface area contributed by atoms with Gasteiger partial charge in [-0.3, -0.25) is 0 Å². The number of carboxylic acids is 1. The molecule has 0 spiro atoms. The topological polar surface area (TPSA) is 104 Å². The molecule has 0 heterocycles. The molecule has 2 amide bonds. The molecule has 0 aromatic carbocycles. The summed E-state index contributed by atoms with van der Waals surface area (Å²) in [6, 6.07) is -1.65. The van der Waals surface area contributed by atoms with E-state index < -0.39 is 33.3 Å². The molecule has 0 aliphatic rings. The van der Waals surface area contributed by atoms with Crippen molar-refractivity contribution in [3.63, 3.8) is 0 Å². The lowest BCUT2D eigenvalue weighted by molar-refractivity contribution is -0.142. The molecule has 0 aliphatic carbocycles. The second-order valence-electron chi connectivity index (χ2n) is 5.64. The number of aliphatic carboxylic acids is 1. The lowest BCUT2D eigenvalue weighted by atomic mass is 9.87. The minimum Gasteiger partial charge on any atom is -0.480 e. The molecule has 0 unspecified atom stereocenters. The van der Waals surface area contributed by atoms with Crippen LogP contribution in [0.4, 0.5) is 4.79 Å². The molecule has 8 heteroatoms. The number of hydrogen-bond acceptors (Lipinski definition) is 4. The highest BCUT2D eigenvalue weighted by Gasteiger charge is 2.33. The van der Waals surface area contributed by atoms with Gasteiger partial charge in [0, 0.05) is 19.8 Å². The number of carbonyl (C=O) groups is 2. The lowest BCUT2D eigenvalue weighted by Gasteiger charge is -2.29. The van der Waals surface area contributed by atoms with Gasteiger partial charge in [0.2, 0.25) is 0 Å². The van der Waals surface area contributed by atoms with Gasteiger partial charge in [0.15, 0.2) is 0 Å². The standard InChI is InChI=1S/C11H22N2O5S/c1-11(2,3)8(9(14)15)12-10(16)13(4)6-7-19(5,17)18/h8H,6-7H2,1-5H3,(H,12,16)(H,14,15)/t8-/m1/s1. The van der Waals surface area contributed by atoms with Gasteiger partial charge < -0.3 is 15.3 Å². The molecule has 2 N–H and O–H groups in total. The van der Waals surface area contributed by atoms with Crippen molar-refractivity contribution in [3.05, 3.63) is 0 Å². The Labute approximate surface area is 113 Å². The maximum absolute atomic E-state index is 11.8. The Morgan fingerprint density at radius 2 is 1.79 bits per heavy atom. The average molecular weight is 294 g/mol. The summed E-state index contributed by atoms with van der Waals surface area (Å²) < 4.78 is 22.0. The van der Waals surface area contributed by atoms with Crippen LogP contribution in [0.25, 0.3) is 0 Å². The minimum absolute atomic E-state index is 0.0150. The van der Waals surface area contributed by atoms with E-state index in [1.807, 2.05) is 0 Å². The third-order valence-electron chi connectivity index (χ3n) is 2.52. The predicted molar refractivity (Wildman–Crippen MR) is 71.8 cm³/mol. The van der Waals surface area contributed by atoms with Crippen molar-refractivity contribution in [2.75, 3.05) is 25.6 Å². The number of rotatable bonds is 5. The summed E-state index contributed by atoms with van der Waals surface area (Å²) in [6.45, 7) is 5.11. The molecule has 0 rings (SSSR count). The van der Waals surface area contributed by atoms with Crippen LogP contribution in [0.15, 0.2) is 0 Å². The van der Waals surface area contributed by atoms with Crippen LogP contribution in [0, 0.1) is 5.41 Å². The maximum Gasteiger partial charge on any atom is 0.326 e. The number of urea groups is 1. The highest BCUT2D eigenvalue weighted by molar-refractivity contribution is 7.90. The van der Waals surface area contributed by atoms with Crippen LogP contribution in [-0.2, 0) is 14.6 Å². The fraction of sp³-hybridized carbons (Fsp3) is 0.818. The monoisotopic (exact) mass is 294 g/mol. The Morgan fingerprint density at radius 3 is 2.11 bits per heavy atom. The van der Waals surface area contributed by atoms with E-state index >= 15 is 0 Å². The second kappa shape index (κ2) is 6.23. The summed E-state index contributed by atoms with van der Waals surface area (Å²) in [7, 11) is -1.75. The third-order valence-corrected chi connectivity index (χ3v) is 3.45. The first-order valence-corrected chi connectivity index (χ1v) is 7.83. The molecule has 1 atom stereocenters. The quantitative estimate of drug-likeness (QED) is 0.752. The molecule has 0 fully saturated rings. The molecule has 0 aromatic heterocycles. The Bertz CT molecular complexity index is 438. The van der Waals surface area contributed by atoms with Crippen molar-refractivity contribution in [2.45, 2.75) is 26.8 Å². The SMILES string of the molecule is CN(CCS(C)(=O)=O)C(=O)N[C@H](C(=O)O)C(C)(C)C. The van der Waals surface area contributed by atoms with E-state index in [9.17, 15) is 18.0 Å². The molecule has 0 bridgehead atoms. The largest absolute Gasteiger partial charge is 0.480 e. The van der Waals surface area contributed by atoms with Gasteiger partial charge in [0.25, 0.3) is 0 Å². The van der Waals surface area contributed by atoms with Gasteiger partial charge in [-0.2, -0.15) is 0 Å². The van der Waals surface area contributed by atoms with Crippen LogP contribution >= 0.6 is 0 Å². The number of amides is 2. The van der Waals surface area contributed by atoms with E-state index in [0.717, 1.165) is 11.2 Å². The number of nitrogens with zero attached hydrogens (tertiary/aromatic N) is 1. The molecule has 7 nitrogen and oxygen atoms in total. The number of hydrogen-bond donors (Lipinski definition) is 2. The summed E-state index contributed by atoms with van der Waals surface area (Å²) in [4.78, 5) is 24.0. The highest BCUT2D eigenvalue weighted by Crippen LogP contribution is 2.19. The van der Waals surface area contributed by atoms with Crippen LogP contribution in [-0.4, -0.2) is 62.1 Å². The van der Waals surface area contributed by atoms with Crippen LogP contribution in [0.1, 0.15) is 20.8 Å². The molecule has 19 heavy (non-hydrogen) atoms. The normalized spacial score (nSPS) is 13.7. The van der Waals surface area contributed by atoms with E-state index in [0.29, 0.717) is 0 Å². The molecular weight excluding hydrogens is 272 g/mol. The smallest absolute Gasteiger partial charge is 0.326 e. The molecule has 0 radical (unpaired) electrons. The number of carbonyl (C=O) groups excluding carboxylic acids is 1. The summed E-state index contributed by atoms with van der Waals surface area (Å²) in [5, 5.41) is 11.5. The first-order chi connectivity index (χ1) is 8.34. The van der Waals surface area contributed by atoms with E-state index in [1.54, 1.807) is 20.8 Å². The Balaban J connectivity index is 4.62. The van der Waals surface area contributed by atoms with Crippen LogP contribution < -0.4 is 5.32 Å². The summed E-state index contributed by atoms with van der Waals surface area (Å²) >= 11 is 0. The molecule has 0 aliphatic heterocycles. The second-order valence-corrected chi connectivity index (χ2v) is 7.90. The number of carboxylic acid groups (broad SMARTS) is 1. The first kappa shape index (κ1) is 17.7. The van der Waals surface area contributed by atoms with Gasteiger partial charge in [0.05, 0.1) is 5.75 Å². The minimum atomic E-state index is -3.16. The summed E-state index contributed by atoms with van der Waals surface area (Å²) in [6.07, 6.45) is 1.08. The molecule has 112 valence electrons. The fourth-order valence-electron chi connectivity index (χ4n) is 1.29. The summed E-state index contributed by atoms with van der Waals surface area (Å²) in [5.41, 5.74) is -0.640. The van der Waals surface area contributed by atoms with Crippen molar-refractivity contribution in [1.82, 2.24) is 10.2 Å². The average Bonchev–Trinajstić information content (AvgIpc) is 2.18. The molecule has 0 saturated heterocycles. The molecule has 0 saturated carbocycles. The van der Waals surface area contributed by atoms with Gasteiger partial charge >= 0.3 is 12.0 Å². The van der Waals surface area contributed by atoms with E-state index in [2.05, 4.69) is 5.32 Å². The zero-order valence-electron chi connectivity index (χ0n) is 11.9. The Kier molecular flexibility index (Phi) is 5.80.